The number of amides is 4. The van der Waals surface area contributed by atoms with Gasteiger partial charge in [-0.2, -0.15) is 5.90 Å². The Kier molecular flexibility index (Phi) is 14.7. The molecule has 0 aliphatic carbocycles. The minimum Gasteiger partial charge on any atom is -0.497 e. The number of ether oxygens (including phenoxy) is 1. The summed E-state index contributed by atoms with van der Waals surface area (Å²) in [4.78, 5) is 72.8. The smallest absolute Gasteiger partial charge is 0.357 e. The summed E-state index contributed by atoms with van der Waals surface area (Å²) in [5.41, 5.74) is 1.38. The standard InChI is InChI=1S/C37H50N8O7/c1-25(2)19-21-42(33(47)24-43(22-20-34(48)52-40)35(49)27-11-17-30(51-6)18-12-27)23-32(46)37(4,5)41-28-13-15-29(16-14-28)44(38)36(50)45(39)31-10-8-7-9-26(31)3/h7-18,25,41H,19-24,38-40H2,1-6H3. The van der Waals surface area contributed by atoms with Gasteiger partial charge >= 0.3 is 12.0 Å². The molecule has 52 heavy (non-hydrogen) atoms. The summed E-state index contributed by atoms with van der Waals surface area (Å²) in [7, 11) is 1.50. The average molecular weight is 719 g/mol. The van der Waals surface area contributed by atoms with Crippen LogP contribution in [0.5, 0.6) is 5.75 Å². The Hall–Kier alpha value is -5.51. The van der Waals surface area contributed by atoms with Crippen LogP contribution < -0.4 is 37.7 Å². The number of aryl methyl sites for hydroxylation is 1. The van der Waals surface area contributed by atoms with E-state index in [1.165, 1.54) is 16.9 Å². The molecule has 0 unspecified atom stereocenters. The first-order valence-electron chi connectivity index (χ1n) is 16.8. The second kappa shape index (κ2) is 18.6. The quantitative estimate of drug-likeness (QED) is 0.0898. The maximum Gasteiger partial charge on any atom is 0.357 e. The zero-order chi connectivity index (χ0) is 38.6. The molecule has 0 atom stereocenters. The van der Waals surface area contributed by atoms with E-state index in [-0.39, 0.29) is 49.9 Å². The van der Waals surface area contributed by atoms with E-state index in [9.17, 15) is 24.0 Å². The molecule has 15 nitrogen and oxygen atoms in total. The summed E-state index contributed by atoms with van der Waals surface area (Å²) >= 11 is 0. The van der Waals surface area contributed by atoms with E-state index in [4.69, 9.17) is 22.3 Å². The van der Waals surface area contributed by atoms with Crippen LogP contribution >= 0.6 is 0 Å². The Labute approximate surface area is 304 Å². The molecular weight excluding hydrogens is 668 g/mol. The van der Waals surface area contributed by atoms with Crippen LogP contribution in [-0.2, 0) is 19.2 Å². The van der Waals surface area contributed by atoms with Gasteiger partial charge < -0.3 is 24.7 Å². The van der Waals surface area contributed by atoms with Gasteiger partial charge in [0.05, 0.1) is 37.0 Å². The third kappa shape index (κ3) is 11.2. The molecule has 3 rings (SSSR count). The highest BCUT2D eigenvalue weighted by molar-refractivity contribution is 6.02. The van der Waals surface area contributed by atoms with Gasteiger partial charge in [0.2, 0.25) is 5.91 Å². The molecule has 0 saturated carbocycles. The average Bonchev–Trinajstić information content (AvgIpc) is 3.13. The molecule has 3 aromatic carbocycles. The summed E-state index contributed by atoms with van der Waals surface area (Å²) in [6.45, 7) is 8.72. The van der Waals surface area contributed by atoms with Crippen LogP contribution in [0.2, 0.25) is 0 Å². The van der Waals surface area contributed by atoms with Gasteiger partial charge in [-0.3, -0.25) is 19.2 Å². The van der Waals surface area contributed by atoms with Gasteiger partial charge in [-0.25, -0.2) is 26.5 Å². The van der Waals surface area contributed by atoms with Crippen LogP contribution in [0.3, 0.4) is 0 Å². The predicted octanol–water partition coefficient (Wildman–Crippen LogP) is 3.77. The molecule has 0 aromatic heterocycles. The molecule has 15 heteroatoms. The number of benzene rings is 3. The number of urea groups is 1. The van der Waals surface area contributed by atoms with Crippen molar-refractivity contribution < 1.29 is 33.5 Å². The Bertz CT molecular complexity index is 1700. The number of hydrazine groups is 2. The van der Waals surface area contributed by atoms with E-state index >= 15 is 0 Å². The van der Waals surface area contributed by atoms with Gasteiger partial charge in [0.1, 0.15) is 12.3 Å². The molecule has 0 aliphatic rings. The van der Waals surface area contributed by atoms with Crippen molar-refractivity contribution in [3.8, 4) is 5.75 Å². The van der Waals surface area contributed by atoms with Gasteiger partial charge in [0.25, 0.3) is 5.91 Å². The summed E-state index contributed by atoms with van der Waals surface area (Å²) in [5.74, 6) is 16.0. The fourth-order valence-corrected chi connectivity index (χ4v) is 5.09. The molecule has 0 saturated heterocycles. The van der Waals surface area contributed by atoms with Gasteiger partial charge in [-0.1, -0.05) is 32.0 Å². The van der Waals surface area contributed by atoms with Crippen LogP contribution in [-0.4, -0.2) is 78.2 Å². The maximum absolute atomic E-state index is 13.8. The largest absolute Gasteiger partial charge is 0.497 e. The van der Waals surface area contributed by atoms with Crippen molar-refractivity contribution in [3.63, 3.8) is 0 Å². The number of nitrogens with two attached hydrogens (primary N) is 3. The van der Waals surface area contributed by atoms with E-state index in [0.29, 0.717) is 29.2 Å². The minimum absolute atomic E-state index is 0.136. The number of Topliss-reactive ketones (excluding diaryl/α,β-unsaturated/α-hetero) is 1. The lowest BCUT2D eigenvalue weighted by Crippen LogP contribution is -2.51. The number of hydrogen-bond donors (Lipinski definition) is 4. The molecule has 0 spiro atoms. The Morgan fingerprint density at radius 3 is 2.04 bits per heavy atom. The molecule has 0 bridgehead atoms. The van der Waals surface area contributed by atoms with Crippen LogP contribution in [0.1, 0.15) is 56.5 Å². The lowest BCUT2D eigenvalue weighted by Gasteiger charge is -2.32. The van der Waals surface area contributed by atoms with Gasteiger partial charge in [-0.05, 0) is 93.3 Å². The first kappa shape index (κ1) is 40.9. The zero-order valence-electron chi connectivity index (χ0n) is 30.6. The summed E-state index contributed by atoms with van der Waals surface area (Å²) in [6, 6.07) is 19.4. The zero-order valence-corrected chi connectivity index (χ0v) is 30.6. The number of hydrogen-bond acceptors (Lipinski definition) is 11. The van der Waals surface area contributed by atoms with Crippen LogP contribution in [0, 0.1) is 12.8 Å². The lowest BCUT2D eigenvalue weighted by atomic mass is 9.97. The maximum atomic E-state index is 13.8. The second-order valence-electron chi connectivity index (χ2n) is 13.2. The molecule has 0 radical (unpaired) electrons. The van der Waals surface area contributed by atoms with Crippen LogP contribution in [0.15, 0.2) is 72.8 Å². The van der Waals surface area contributed by atoms with Crippen LogP contribution in [0.25, 0.3) is 0 Å². The van der Waals surface area contributed by atoms with Crippen molar-refractivity contribution in [2.24, 2.45) is 23.5 Å². The van der Waals surface area contributed by atoms with Gasteiger partial charge in [0, 0.05) is 24.3 Å². The first-order chi connectivity index (χ1) is 24.6. The Balaban J connectivity index is 1.74. The minimum atomic E-state index is -1.14. The van der Waals surface area contributed by atoms with Crippen molar-refractivity contribution in [1.29, 1.82) is 0 Å². The first-order valence-corrected chi connectivity index (χ1v) is 16.8. The SMILES string of the molecule is COc1ccc(C(=O)N(CCC(=O)ON)CC(=O)N(CCC(C)C)CC(=O)C(C)(C)Nc2ccc(N(N)C(=O)N(N)c3ccccc3C)cc2)cc1. The molecule has 0 fully saturated rings. The van der Waals surface area contributed by atoms with E-state index in [1.54, 1.807) is 74.5 Å². The van der Waals surface area contributed by atoms with Crippen molar-refractivity contribution in [1.82, 2.24) is 9.80 Å². The third-order valence-corrected chi connectivity index (χ3v) is 8.42. The molecule has 3 aromatic rings. The van der Waals surface area contributed by atoms with Crippen molar-refractivity contribution in [2.75, 3.05) is 48.6 Å². The monoisotopic (exact) mass is 718 g/mol. The molecule has 0 heterocycles. The Morgan fingerprint density at radius 2 is 1.46 bits per heavy atom. The lowest BCUT2D eigenvalue weighted by molar-refractivity contribution is -0.144. The van der Waals surface area contributed by atoms with E-state index in [0.717, 1.165) is 15.6 Å². The van der Waals surface area contributed by atoms with Gasteiger partial charge in [0.15, 0.2) is 5.78 Å². The fraction of sp³-hybridized carbons (Fsp3) is 0.378. The number of ketones is 1. The molecular formula is C37H50N8O7. The van der Waals surface area contributed by atoms with Gasteiger partial charge in [-0.15, -0.1) is 0 Å². The highest BCUT2D eigenvalue weighted by atomic mass is 16.7. The Morgan fingerprint density at radius 1 is 0.827 bits per heavy atom. The second-order valence-corrected chi connectivity index (χ2v) is 13.2. The topological polar surface area (TPSA) is 207 Å². The van der Waals surface area contributed by atoms with Crippen molar-refractivity contribution >= 4 is 46.7 Å². The molecule has 7 N–H and O–H groups in total. The summed E-state index contributed by atoms with van der Waals surface area (Å²) in [6.07, 6.45) is 0.373. The number of carbonyl (C=O) groups excluding carboxylic acids is 5. The number of para-hydroxylation sites is 1. The fourth-order valence-electron chi connectivity index (χ4n) is 5.09. The molecule has 0 aliphatic heterocycles. The number of nitrogens with one attached hydrogen (secondary N) is 1. The van der Waals surface area contributed by atoms with Crippen molar-refractivity contribution in [2.45, 2.75) is 53.0 Å². The number of anilines is 3. The van der Waals surface area contributed by atoms with E-state index in [2.05, 4.69) is 10.2 Å². The summed E-state index contributed by atoms with van der Waals surface area (Å²) in [5, 5.41) is 5.10. The number of carbonyl (C=O) groups is 5. The summed E-state index contributed by atoms with van der Waals surface area (Å²) < 4.78 is 5.17. The highest BCUT2D eigenvalue weighted by Gasteiger charge is 2.32. The predicted molar refractivity (Wildman–Crippen MR) is 199 cm³/mol. The van der Waals surface area contributed by atoms with E-state index in [1.807, 2.05) is 32.9 Å². The van der Waals surface area contributed by atoms with Crippen molar-refractivity contribution in [3.05, 3.63) is 83.9 Å². The third-order valence-electron chi connectivity index (χ3n) is 8.42. The number of methoxy groups -OCH3 is 1. The molecule has 280 valence electrons. The molecule has 4 amide bonds. The highest BCUT2D eigenvalue weighted by Crippen LogP contribution is 2.23. The van der Waals surface area contributed by atoms with E-state index < -0.39 is 29.4 Å². The number of rotatable bonds is 17. The number of nitrogens with zero attached hydrogens (tertiary/aromatic N) is 4. The normalized spacial score (nSPS) is 11.0. The van der Waals surface area contributed by atoms with Crippen LogP contribution in [0.4, 0.5) is 21.9 Å².